The molecule has 3 aromatic carbocycles. The van der Waals surface area contributed by atoms with Crippen molar-refractivity contribution in [2.24, 2.45) is 0 Å². The molecule has 1 fully saturated rings. The largest absolute Gasteiger partial charge is 0.444 e. The van der Waals surface area contributed by atoms with Crippen LogP contribution in [0.15, 0.2) is 72.8 Å². The summed E-state index contributed by atoms with van der Waals surface area (Å²) in [6, 6.07) is 21.8. The second kappa shape index (κ2) is 15.4. The number of nitrogens with one attached hydrogen (secondary N) is 3. The number of urea groups is 1. The van der Waals surface area contributed by atoms with Crippen LogP contribution in [0.1, 0.15) is 56.0 Å². The van der Waals surface area contributed by atoms with Crippen molar-refractivity contribution in [3.05, 3.63) is 83.9 Å². The monoisotopic (exact) mass is 614 g/mol. The van der Waals surface area contributed by atoms with Crippen LogP contribution in [0.2, 0.25) is 0 Å². The number of benzene rings is 3. The van der Waals surface area contributed by atoms with E-state index in [9.17, 15) is 14.4 Å². The molecular formula is C35H46N6O4. The van der Waals surface area contributed by atoms with Crippen LogP contribution in [-0.2, 0) is 11.3 Å². The van der Waals surface area contributed by atoms with Crippen LogP contribution < -0.4 is 20.9 Å². The van der Waals surface area contributed by atoms with Crippen LogP contribution in [0.5, 0.6) is 0 Å². The molecule has 240 valence electrons. The number of anilines is 4. The van der Waals surface area contributed by atoms with E-state index in [1.54, 1.807) is 57.2 Å². The Kier molecular flexibility index (Phi) is 11.4. The first-order chi connectivity index (χ1) is 21.5. The molecule has 0 saturated carbocycles. The molecule has 1 aliphatic rings. The molecule has 4 amide bonds. The van der Waals surface area contributed by atoms with Crippen molar-refractivity contribution >= 4 is 40.8 Å². The molecule has 0 spiro atoms. The van der Waals surface area contributed by atoms with Crippen molar-refractivity contribution in [3.63, 3.8) is 0 Å². The van der Waals surface area contributed by atoms with Crippen LogP contribution in [0.4, 0.5) is 32.3 Å². The van der Waals surface area contributed by atoms with E-state index in [1.807, 2.05) is 60.3 Å². The number of para-hydroxylation sites is 2. The average molecular weight is 615 g/mol. The number of hydrogen-bond acceptors (Lipinski definition) is 6. The van der Waals surface area contributed by atoms with Gasteiger partial charge in [-0.05, 0) is 114 Å². The van der Waals surface area contributed by atoms with Crippen molar-refractivity contribution < 1.29 is 19.1 Å². The van der Waals surface area contributed by atoms with E-state index in [1.165, 1.54) is 12.8 Å². The minimum absolute atomic E-state index is 0.162. The number of rotatable bonds is 11. The van der Waals surface area contributed by atoms with Crippen LogP contribution in [0.3, 0.4) is 0 Å². The third-order valence-corrected chi connectivity index (χ3v) is 7.42. The fraction of sp³-hybridized carbons (Fsp3) is 0.400. The molecule has 0 aliphatic carbocycles. The normalized spacial score (nSPS) is 13.2. The van der Waals surface area contributed by atoms with Gasteiger partial charge < -0.3 is 30.1 Å². The average Bonchev–Trinajstić information content (AvgIpc) is 3.51. The van der Waals surface area contributed by atoms with E-state index >= 15 is 0 Å². The zero-order valence-electron chi connectivity index (χ0n) is 27.1. The van der Waals surface area contributed by atoms with Crippen molar-refractivity contribution in [3.8, 4) is 0 Å². The van der Waals surface area contributed by atoms with Gasteiger partial charge in [0.25, 0.3) is 5.91 Å². The van der Waals surface area contributed by atoms with Crippen molar-refractivity contribution in [2.75, 3.05) is 61.1 Å². The molecule has 1 saturated heterocycles. The summed E-state index contributed by atoms with van der Waals surface area (Å²) in [4.78, 5) is 45.1. The van der Waals surface area contributed by atoms with E-state index in [2.05, 4.69) is 20.9 Å². The van der Waals surface area contributed by atoms with Gasteiger partial charge in [0.05, 0.1) is 11.4 Å². The standard InChI is InChI=1S/C35H46N6O4/c1-35(2,3)45-34(44)38-31-12-7-6-11-30(31)37-32(42)27-15-13-26(14-16-27)25-41(24-10-23-40-21-8-9-22-40)33(43)36-28-17-19-29(20-18-28)39(4)5/h6-7,11-20H,8-10,21-25H2,1-5H3,(H,36,43)(H,37,42)(H,38,44). The number of ether oxygens (including phenoxy) is 1. The fourth-order valence-electron chi connectivity index (χ4n) is 5.08. The van der Waals surface area contributed by atoms with Gasteiger partial charge in [-0.1, -0.05) is 24.3 Å². The minimum Gasteiger partial charge on any atom is -0.444 e. The SMILES string of the molecule is CN(C)c1ccc(NC(=O)N(CCCN2CCCC2)Cc2ccc(C(=O)Nc3ccccc3NC(=O)OC(C)(C)C)cc2)cc1. The zero-order valence-corrected chi connectivity index (χ0v) is 27.1. The van der Waals surface area contributed by atoms with Gasteiger partial charge in [-0.2, -0.15) is 0 Å². The van der Waals surface area contributed by atoms with Gasteiger partial charge in [-0.3, -0.25) is 10.1 Å². The summed E-state index contributed by atoms with van der Waals surface area (Å²) in [6.07, 6.45) is 2.75. The lowest BCUT2D eigenvalue weighted by atomic mass is 10.1. The summed E-state index contributed by atoms with van der Waals surface area (Å²) < 4.78 is 5.35. The van der Waals surface area contributed by atoms with Crippen LogP contribution in [0, 0.1) is 0 Å². The van der Waals surface area contributed by atoms with E-state index in [0.29, 0.717) is 30.0 Å². The second-order valence-corrected chi connectivity index (χ2v) is 12.5. The number of carbonyl (C=O) groups excluding carboxylic acids is 3. The van der Waals surface area contributed by atoms with E-state index in [0.717, 1.165) is 43.0 Å². The first kappa shape index (κ1) is 33.3. The van der Waals surface area contributed by atoms with Gasteiger partial charge in [-0.25, -0.2) is 9.59 Å². The molecule has 3 N–H and O–H groups in total. The third-order valence-electron chi connectivity index (χ3n) is 7.42. The number of hydrogen-bond donors (Lipinski definition) is 3. The van der Waals surface area contributed by atoms with E-state index < -0.39 is 11.7 Å². The van der Waals surface area contributed by atoms with E-state index in [4.69, 9.17) is 4.74 Å². The lowest BCUT2D eigenvalue weighted by Gasteiger charge is -2.25. The minimum atomic E-state index is -0.647. The summed E-state index contributed by atoms with van der Waals surface area (Å²) in [5.41, 5.74) is 3.41. The van der Waals surface area contributed by atoms with E-state index in [-0.39, 0.29) is 11.9 Å². The Labute approximate surface area is 266 Å². The summed E-state index contributed by atoms with van der Waals surface area (Å²) in [5, 5.41) is 8.62. The maximum Gasteiger partial charge on any atom is 0.412 e. The maximum absolute atomic E-state index is 13.4. The molecule has 4 rings (SSSR count). The molecule has 45 heavy (non-hydrogen) atoms. The number of amides is 4. The lowest BCUT2D eigenvalue weighted by Crippen LogP contribution is -2.36. The summed E-state index contributed by atoms with van der Waals surface area (Å²) in [6.45, 7) is 9.58. The van der Waals surface area contributed by atoms with Gasteiger partial charge in [0.15, 0.2) is 0 Å². The first-order valence-corrected chi connectivity index (χ1v) is 15.5. The van der Waals surface area contributed by atoms with Gasteiger partial charge in [0, 0.05) is 44.1 Å². The van der Waals surface area contributed by atoms with Gasteiger partial charge in [-0.15, -0.1) is 0 Å². The highest BCUT2D eigenvalue weighted by Crippen LogP contribution is 2.23. The third kappa shape index (κ3) is 10.5. The number of carbonyl (C=O) groups is 3. The van der Waals surface area contributed by atoms with Crippen LogP contribution >= 0.6 is 0 Å². The van der Waals surface area contributed by atoms with Crippen LogP contribution in [0.25, 0.3) is 0 Å². The number of likely N-dealkylation sites (tertiary alicyclic amines) is 1. The smallest absolute Gasteiger partial charge is 0.412 e. The Hall–Kier alpha value is -4.57. The van der Waals surface area contributed by atoms with Gasteiger partial charge >= 0.3 is 12.1 Å². The fourth-order valence-corrected chi connectivity index (χ4v) is 5.08. The topological polar surface area (TPSA) is 106 Å². The highest BCUT2D eigenvalue weighted by Gasteiger charge is 2.19. The zero-order chi connectivity index (χ0) is 32.4. The summed E-state index contributed by atoms with van der Waals surface area (Å²) in [5.74, 6) is -0.318. The summed E-state index contributed by atoms with van der Waals surface area (Å²) >= 11 is 0. The lowest BCUT2D eigenvalue weighted by molar-refractivity contribution is 0.0635. The molecule has 0 radical (unpaired) electrons. The van der Waals surface area contributed by atoms with Gasteiger partial charge in [0.2, 0.25) is 0 Å². The predicted octanol–water partition coefficient (Wildman–Crippen LogP) is 6.87. The maximum atomic E-state index is 13.4. The molecule has 10 nitrogen and oxygen atoms in total. The molecule has 3 aromatic rings. The molecule has 1 aliphatic heterocycles. The Morgan fingerprint density at radius 2 is 1.44 bits per heavy atom. The Bertz CT molecular complexity index is 1430. The van der Waals surface area contributed by atoms with Crippen molar-refractivity contribution in [2.45, 2.75) is 52.2 Å². The molecule has 0 atom stereocenters. The highest BCUT2D eigenvalue weighted by atomic mass is 16.6. The molecule has 0 bridgehead atoms. The van der Waals surface area contributed by atoms with Crippen LogP contribution in [-0.4, -0.2) is 73.7 Å². The molecule has 0 unspecified atom stereocenters. The number of nitrogens with zero attached hydrogens (tertiary/aromatic N) is 3. The molecular weight excluding hydrogens is 568 g/mol. The van der Waals surface area contributed by atoms with Crippen molar-refractivity contribution in [1.29, 1.82) is 0 Å². The molecule has 10 heteroatoms. The predicted molar refractivity (Wildman–Crippen MR) is 181 cm³/mol. The molecule has 0 aromatic heterocycles. The Morgan fingerprint density at radius 3 is 2.04 bits per heavy atom. The Morgan fingerprint density at radius 1 is 0.822 bits per heavy atom. The first-order valence-electron chi connectivity index (χ1n) is 15.5. The summed E-state index contributed by atoms with van der Waals surface area (Å²) in [7, 11) is 3.96. The molecule has 1 heterocycles. The Balaban J connectivity index is 1.40. The second-order valence-electron chi connectivity index (χ2n) is 12.5. The quantitative estimate of drug-likeness (QED) is 0.218. The van der Waals surface area contributed by atoms with Crippen molar-refractivity contribution in [1.82, 2.24) is 9.80 Å². The van der Waals surface area contributed by atoms with Gasteiger partial charge in [0.1, 0.15) is 5.60 Å². The highest BCUT2D eigenvalue weighted by molar-refractivity contribution is 6.06.